The number of nitrogens with zero attached hydrogens (tertiary/aromatic N) is 1. The number of rotatable bonds is 14. The van der Waals surface area contributed by atoms with Gasteiger partial charge in [-0.15, -0.1) is 0 Å². The largest absolute Gasteiger partial charge is 0.300 e. The van der Waals surface area contributed by atoms with Gasteiger partial charge < -0.3 is 0 Å². The van der Waals surface area contributed by atoms with E-state index in [-0.39, 0.29) is 38.4 Å². The third-order valence-corrected chi connectivity index (χ3v) is 6.91. The first kappa shape index (κ1) is 25.6. The van der Waals surface area contributed by atoms with Crippen molar-refractivity contribution in [3.05, 3.63) is 0 Å². The molecule has 16 heteroatoms. The zero-order chi connectivity index (χ0) is 20.6. The number of sulfone groups is 1. The Morgan fingerprint density at radius 2 is 1.19 bits per heavy atom. The van der Waals surface area contributed by atoms with Gasteiger partial charge >= 0.3 is 0 Å². The summed E-state index contributed by atoms with van der Waals surface area (Å²) >= 11 is 0. The normalized spacial score (nSPS) is 14.0. The maximum atomic E-state index is 11.7. The molecule has 0 aromatic carbocycles. The molecule has 0 heterocycles. The van der Waals surface area contributed by atoms with Crippen molar-refractivity contribution in [2.24, 2.45) is 0 Å². The van der Waals surface area contributed by atoms with E-state index in [1.54, 1.807) is 0 Å². The topological polar surface area (TPSA) is 192 Å². The molecule has 0 unspecified atom stereocenters. The van der Waals surface area contributed by atoms with Crippen LogP contribution in [0.15, 0.2) is 0 Å². The zero-order valence-electron chi connectivity index (χ0n) is 14.1. The highest BCUT2D eigenvalue weighted by Crippen LogP contribution is 1.97. The molecule has 12 nitrogen and oxygen atoms in total. The van der Waals surface area contributed by atoms with Crippen LogP contribution in [0.25, 0.3) is 0 Å². The molecule has 0 aliphatic rings. The molecular weight excluding hydrogens is 436 g/mol. The van der Waals surface area contributed by atoms with Crippen LogP contribution in [0.3, 0.4) is 0 Å². The molecule has 158 valence electrons. The molecule has 3 N–H and O–H groups in total. The summed E-state index contributed by atoms with van der Waals surface area (Å²) in [4.78, 5) is 1.24. The van der Waals surface area contributed by atoms with Crippen LogP contribution < -0.4 is 4.72 Å². The first-order valence-electron chi connectivity index (χ1n) is 7.27. The highest BCUT2D eigenvalue weighted by Gasteiger charge is 2.16. The second-order valence-corrected chi connectivity index (χ2v) is 12.9. The highest BCUT2D eigenvalue weighted by atomic mass is 32.2. The van der Waals surface area contributed by atoms with Crippen LogP contribution in [-0.4, -0.2) is 103 Å². The van der Waals surface area contributed by atoms with Crippen molar-refractivity contribution in [2.75, 3.05) is 55.4 Å². The van der Waals surface area contributed by atoms with E-state index in [9.17, 15) is 33.7 Å². The zero-order valence-corrected chi connectivity index (χ0v) is 17.4. The van der Waals surface area contributed by atoms with Crippen molar-refractivity contribution in [1.29, 1.82) is 0 Å². The molecule has 0 aromatic rings. The maximum absolute atomic E-state index is 11.7. The Bertz CT molecular complexity index is 809. The van der Waals surface area contributed by atoms with Gasteiger partial charge in [-0.1, -0.05) is 0 Å². The van der Waals surface area contributed by atoms with Crippen LogP contribution in [0.1, 0.15) is 6.42 Å². The fourth-order valence-corrected chi connectivity index (χ4v) is 4.67. The Morgan fingerprint density at radius 1 is 0.731 bits per heavy atom. The van der Waals surface area contributed by atoms with Crippen molar-refractivity contribution in [2.45, 2.75) is 6.42 Å². The number of sulfonamides is 1. The van der Waals surface area contributed by atoms with Crippen molar-refractivity contribution in [1.82, 2.24) is 9.62 Å². The summed E-state index contributed by atoms with van der Waals surface area (Å²) in [5, 5.41) is 0. The number of nitrogens with one attached hydrogen (secondary N) is 1. The first-order valence-corrected chi connectivity index (χ1v) is 14.2. The third-order valence-electron chi connectivity index (χ3n) is 3.01. The van der Waals surface area contributed by atoms with E-state index >= 15 is 0 Å². The van der Waals surface area contributed by atoms with Crippen molar-refractivity contribution >= 4 is 40.1 Å². The molecule has 0 fully saturated rings. The second kappa shape index (κ2) is 10.3. The lowest BCUT2D eigenvalue weighted by Gasteiger charge is -2.21. The van der Waals surface area contributed by atoms with Crippen molar-refractivity contribution in [3.63, 3.8) is 0 Å². The number of hydrogen-bond donors (Lipinski definition) is 3. The van der Waals surface area contributed by atoms with Crippen LogP contribution in [0.5, 0.6) is 0 Å². The minimum atomic E-state index is -4.30. The van der Waals surface area contributed by atoms with E-state index in [0.29, 0.717) is 0 Å². The quantitative estimate of drug-likeness (QED) is 0.230. The monoisotopic (exact) mass is 460 g/mol. The van der Waals surface area contributed by atoms with E-state index in [0.717, 1.165) is 6.26 Å². The Morgan fingerprint density at radius 3 is 1.58 bits per heavy atom. The van der Waals surface area contributed by atoms with E-state index in [1.165, 1.54) is 4.90 Å². The van der Waals surface area contributed by atoms with Crippen LogP contribution >= 0.6 is 0 Å². The van der Waals surface area contributed by atoms with Crippen LogP contribution in [0.4, 0.5) is 0 Å². The van der Waals surface area contributed by atoms with Crippen molar-refractivity contribution in [3.8, 4) is 0 Å². The molecule has 0 aliphatic heterocycles. The fraction of sp³-hybridized carbons (Fsp3) is 1.00. The van der Waals surface area contributed by atoms with Crippen LogP contribution in [0.2, 0.25) is 0 Å². The van der Waals surface area contributed by atoms with Crippen molar-refractivity contribution < 1.29 is 42.8 Å². The van der Waals surface area contributed by atoms with Gasteiger partial charge in [0.15, 0.2) is 0 Å². The molecular formula is C10H24N2O10S4. The summed E-state index contributed by atoms with van der Waals surface area (Å²) in [6, 6.07) is 0. The summed E-state index contributed by atoms with van der Waals surface area (Å²) in [5.41, 5.74) is 0. The molecule has 0 aromatic heterocycles. The Kier molecular flexibility index (Phi) is 10.1. The van der Waals surface area contributed by atoms with Gasteiger partial charge in [0.2, 0.25) is 10.0 Å². The molecule has 0 aliphatic carbocycles. The minimum absolute atomic E-state index is 0.0870. The van der Waals surface area contributed by atoms with Gasteiger partial charge in [0.1, 0.15) is 9.84 Å². The SMILES string of the molecule is CS(=O)(=O)CCCS(=O)(=O)NCCN(CCS(=O)(=O)O)CCS(=O)(=O)O. The molecule has 0 amide bonds. The van der Waals surface area contributed by atoms with Crippen LogP contribution in [-0.2, 0) is 40.1 Å². The Balaban J connectivity index is 4.56. The summed E-state index contributed by atoms with van der Waals surface area (Å²) < 4.78 is 108. The molecule has 0 bridgehead atoms. The lowest BCUT2D eigenvalue weighted by atomic mass is 10.5. The van der Waals surface area contributed by atoms with E-state index in [4.69, 9.17) is 9.11 Å². The first-order chi connectivity index (χ1) is 11.5. The third kappa shape index (κ3) is 17.1. The van der Waals surface area contributed by atoms with Crippen LogP contribution in [0, 0.1) is 0 Å². The van der Waals surface area contributed by atoms with Gasteiger partial charge in [0.25, 0.3) is 20.2 Å². The van der Waals surface area contributed by atoms with E-state index in [1.807, 2.05) is 0 Å². The summed E-state index contributed by atoms with van der Waals surface area (Å²) in [6.45, 7) is -0.831. The van der Waals surface area contributed by atoms with Gasteiger partial charge in [0.05, 0.1) is 23.0 Å². The minimum Gasteiger partial charge on any atom is -0.300 e. The summed E-state index contributed by atoms with van der Waals surface area (Å²) in [6.07, 6.45) is 0.888. The average Bonchev–Trinajstić information content (AvgIpc) is 2.37. The molecule has 0 atom stereocenters. The molecule has 0 radical (unpaired) electrons. The predicted octanol–water partition coefficient (Wildman–Crippen LogP) is -2.58. The molecule has 0 saturated heterocycles. The summed E-state index contributed by atoms with van der Waals surface area (Å²) in [7, 11) is -15.7. The Hall–Kier alpha value is -0.360. The lowest BCUT2D eigenvalue weighted by Crippen LogP contribution is -2.40. The summed E-state index contributed by atoms with van der Waals surface area (Å²) in [5.74, 6) is -2.10. The van der Waals surface area contributed by atoms with Gasteiger partial charge in [-0.25, -0.2) is 21.6 Å². The predicted molar refractivity (Wildman–Crippen MR) is 95.4 cm³/mol. The average molecular weight is 461 g/mol. The van der Waals surface area contributed by atoms with Gasteiger partial charge in [-0.2, -0.15) is 16.8 Å². The number of hydrogen-bond acceptors (Lipinski definition) is 9. The van der Waals surface area contributed by atoms with Gasteiger partial charge in [-0.3, -0.25) is 14.0 Å². The Labute approximate surface area is 154 Å². The second-order valence-electron chi connectivity index (χ2n) is 5.61. The van der Waals surface area contributed by atoms with Gasteiger partial charge in [-0.05, 0) is 6.42 Å². The maximum Gasteiger partial charge on any atom is 0.266 e. The molecule has 0 rings (SSSR count). The molecule has 0 saturated carbocycles. The molecule has 26 heavy (non-hydrogen) atoms. The fourth-order valence-electron chi connectivity index (χ4n) is 1.77. The van der Waals surface area contributed by atoms with E-state index in [2.05, 4.69) is 4.72 Å². The highest BCUT2D eigenvalue weighted by molar-refractivity contribution is 7.91. The standard InChI is InChI=1S/C10H24N2O10S4/c1-23(13,14)7-2-8-24(15,16)11-3-4-12(5-9-25(17,18)19)6-10-26(20,21)22/h11H,2-10H2,1H3,(H,17,18,19)(H,20,21,22). The molecule has 0 spiro atoms. The van der Waals surface area contributed by atoms with Gasteiger partial charge in [0, 0.05) is 32.4 Å². The lowest BCUT2D eigenvalue weighted by molar-refractivity contribution is 0.304. The smallest absolute Gasteiger partial charge is 0.266 e. The van der Waals surface area contributed by atoms with E-state index < -0.39 is 57.4 Å².